The Bertz CT molecular complexity index is 637. The highest BCUT2D eigenvalue weighted by Crippen LogP contribution is 2.43. The van der Waals surface area contributed by atoms with Crippen LogP contribution in [0.15, 0.2) is 12.2 Å². The number of imide groups is 1. The highest BCUT2D eigenvalue weighted by molar-refractivity contribution is 5.88. The third-order valence-corrected chi connectivity index (χ3v) is 5.70. The summed E-state index contributed by atoms with van der Waals surface area (Å²) in [4.78, 5) is 38.0. The maximum absolute atomic E-state index is 12.8. The second kappa shape index (κ2) is 13.0. The Labute approximate surface area is 200 Å². The predicted octanol–water partition coefficient (Wildman–Crippen LogP) is 6.79. The Morgan fingerprint density at radius 2 is 1.42 bits per heavy atom. The number of hydrogen-bond donors (Lipinski definition) is 0. The van der Waals surface area contributed by atoms with Crippen molar-refractivity contribution in [1.82, 2.24) is 4.90 Å². The van der Waals surface area contributed by atoms with Gasteiger partial charge in [-0.25, -0.2) is 14.5 Å². The second-order valence-corrected chi connectivity index (χ2v) is 11.1. The van der Waals surface area contributed by atoms with Gasteiger partial charge in [0.25, 0.3) is 0 Å². The number of hydrogen-bond acceptors (Lipinski definition) is 6. The molecular weight excluding hydrogens is 422 g/mol. The minimum atomic E-state index is -0.702. The zero-order chi connectivity index (χ0) is 25.1. The van der Waals surface area contributed by atoms with Crippen LogP contribution in [0.2, 0.25) is 0 Å². The molecule has 0 atom stereocenters. The van der Waals surface area contributed by atoms with Crippen LogP contribution < -0.4 is 0 Å². The summed E-state index contributed by atoms with van der Waals surface area (Å²) in [6, 6.07) is 0. The van der Waals surface area contributed by atoms with Crippen LogP contribution in [0.1, 0.15) is 106 Å². The lowest BCUT2D eigenvalue weighted by atomic mass is 9.69. The van der Waals surface area contributed by atoms with Crippen molar-refractivity contribution in [3.8, 4) is 0 Å². The molecule has 0 aliphatic heterocycles. The van der Waals surface area contributed by atoms with E-state index in [1.54, 1.807) is 41.5 Å². The molecule has 0 aromatic rings. The van der Waals surface area contributed by atoms with E-state index in [1.165, 1.54) is 13.5 Å². The summed E-state index contributed by atoms with van der Waals surface area (Å²) in [6.07, 6.45) is 12.2. The zero-order valence-corrected chi connectivity index (χ0v) is 21.8. The van der Waals surface area contributed by atoms with Gasteiger partial charge in [0.1, 0.15) is 11.2 Å². The largest absolute Gasteiger partial charge is 0.469 e. The van der Waals surface area contributed by atoms with E-state index in [1.807, 2.05) is 0 Å². The first kappa shape index (κ1) is 29.0. The molecule has 7 nitrogen and oxygen atoms in total. The number of carbonyl (C=O) groups excluding carboxylic acids is 3. The summed E-state index contributed by atoms with van der Waals surface area (Å²) < 4.78 is 15.7. The van der Waals surface area contributed by atoms with Crippen LogP contribution in [-0.4, -0.2) is 47.9 Å². The molecular formula is C26H45NO6. The number of esters is 1. The maximum atomic E-state index is 12.8. The van der Waals surface area contributed by atoms with Crippen molar-refractivity contribution in [1.29, 1.82) is 0 Å². The van der Waals surface area contributed by atoms with Gasteiger partial charge >= 0.3 is 18.2 Å². The average Bonchev–Trinajstić information content (AvgIpc) is 2.68. The fraction of sp³-hybridized carbons (Fsp3) is 0.808. The molecule has 33 heavy (non-hydrogen) atoms. The molecule has 0 heterocycles. The molecule has 0 spiro atoms. The van der Waals surface area contributed by atoms with E-state index in [4.69, 9.17) is 9.47 Å². The van der Waals surface area contributed by atoms with E-state index in [0.29, 0.717) is 12.8 Å². The van der Waals surface area contributed by atoms with E-state index in [0.717, 1.165) is 49.8 Å². The fourth-order valence-corrected chi connectivity index (χ4v) is 4.02. The normalized spacial score (nSPS) is 16.3. The molecule has 7 heteroatoms. The zero-order valence-electron chi connectivity index (χ0n) is 21.8. The van der Waals surface area contributed by atoms with Gasteiger partial charge in [0.05, 0.1) is 7.11 Å². The third-order valence-electron chi connectivity index (χ3n) is 5.70. The fourth-order valence-electron chi connectivity index (χ4n) is 4.02. The minimum absolute atomic E-state index is 0.0410. The van der Waals surface area contributed by atoms with Gasteiger partial charge in [-0.05, 0) is 85.5 Å². The topological polar surface area (TPSA) is 82.1 Å². The Balaban J connectivity index is 2.84. The predicted molar refractivity (Wildman–Crippen MR) is 129 cm³/mol. The van der Waals surface area contributed by atoms with Crippen LogP contribution in [0.5, 0.6) is 0 Å². The summed E-state index contributed by atoms with van der Waals surface area (Å²) in [5.41, 5.74) is -1.36. The lowest BCUT2D eigenvalue weighted by molar-refractivity contribution is -0.140. The average molecular weight is 468 g/mol. The molecule has 1 aliphatic carbocycles. The summed E-state index contributed by atoms with van der Waals surface area (Å²) >= 11 is 0. The monoisotopic (exact) mass is 467 g/mol. The highest BCUT2D eigenvalue weighted by Gasteiger charge is 2.36. The molecule has 0 aromatic heterocycles. The van der Waals surface area contributed by atoms with Crippen molar-refractivity contribution in [3.05, 3.63) is 12.2 Å². The van der Waals surface area contributed by atoms with E-state index >= 15 is 0 Å². The first-order valence-corrected chi connectivity index (χ1v) is 12.2. The third kappa shape index (κ3) is 12.1. The molecule has 1 rings (SSSR count). The number of carbonyl (C=O) groups is 3. The van der Waals surface area contributed by atoms with Gasteiger partial charge in [-0.2, -0.15) is 0 Å². The quantitative estimate of drug-likeness (QED) is 0.161. The molecule has 0 N–H and O–H groups in total. The number of allylic oxidation sites excluding steroid dienone is 2. The van der Waals surface area contributed by atoms with Gasteiger partial charge < -0.3 is 14.2 Å². The Kier molecular flexibility index (Phi) is 11.4. The molecule has 0 saturated heterocycles. The van der Waals surface area contributed by atoms with Crippen molar-refractivity contribution in [2.45, 2.75) is 117 Å². The smallest absolute Gasteiger partial charge is 0.419 e. The van der Waals surface area contributed by atoms with Gasteiger partial charge in [-0.3, -0.25) is 4.79 Å². The number of unbranched alkanes of at least 4 members (excludes halogenated alkanes) is 1. The van der Waals surface area contributed by atoms with Crippen LogP contribution in [0.4, 0.5) is 9.59 Å². The van der Waals surface area contributed by atoms with Crippen LogP contribution in [0.25, 0.3) is 0 Å². The molecule has 1 aliphatic rings. The number of rotatable bonds is 9. The van der Waals surface area contributed by atoms with Crippen LogP contribution >= 0.6 is 0 Å². The number of amides is 2. The first-order chi connectivity index (χ1) is 15.3. The van der Waals surface area contributed by atoms with E-state index in [9.17, 15) is 14.4 Å². The summed E-state index contributed by atoms with van der Waals surface area (Å²) in [6.45, 7) is 11.0. The Morgan fingerprint density at radius 1 is 0.879 bits per heavy atom. The SMILES string of the molecule is COC(=O)CCCC=CCC1(CCN(C(=O)OC(C)(C)C)C(=O)OC(C)(C)C)CCCCC1. The standard InChI is InChI=1S/C26H45NO6/c1-24(2,3)32-22(29)27(23(30)33-25(4,5)6)20-19-26(17-13-10-14-18-26)16-12-9-8-11-15-21(28)31-7/h9,12H,8,10-11,13-20H2,1-7H3. The van der Waals surface area contributed by atoms with Crippen LogP contribution in [-0.2, 0) is 19.0 Å². The summed E-state index contributed by atoms with van der Waals surface area (Å²) in [7, 11) is 1.41. The van der Waals surface area contributed by atoms with Gasteiger partial charge in [-0.15, -0.1) is 0 Å². The summed E-state index contributed by atoms with van der Waals surface area (Å²) in [5.74, 6) is -0.184. The lowest BCUT2D eigenvalue weighted by Gasteiger charge is -2.38. The molecule has 0 unspecified atom stereocenters. The van der Waals surface area contributed by atoms with Crippen LogP contribution in [0, 0.1) is 5.41 Å². The van der Waals surface area contributed by atoms with Crippen molar-refractivity contribution in [3.63, 3.8) is 0 Å². The number of nitrogens with zero attached hydrogens (tertiary/aromatic N) is 1. The summed E-state index contributed by atoms with van der Waals surface area (Å²) in [5, 5.41) is 0. The highest BCUT2D eigenvalue weighted by atomic mass is 16.6. The van der Waals surface area contributed by atoms with Gasteiger partial charge in [0, 0.05) is 13.0 Å². The molecule has 1 fully saturated rings. The van der Waals surface area contributed by atoms with E-state index < -0.39 is 23.4 Å². The maximum Gasteiger partial charge on any atom is 0.419 e. The Hall–Kier alpha value is -2.05. The molecule has 0 aromatic carbocycles. The molecule has 1 saturated carbocycles. The van der Waals surface area contributed by atoms with Crippen molar-refractivity contribution >= 4 is 18.2 Å². The second-order valence-electron chi connectivity index (χ2n) is 11.1. The molecule has 2 amide bonds. The number of methoxy groups -OCH3 is 1. The van der Waals surface area contributed by atoms with Crippen molar-refractivity contribution in [2.24, 2.45) is 5.41 Å². The van der Waals surface area contributed by atoms with Crippen molar-refractivity contribution < 1.29 is 28.6 Å². The van der Waals surface area contributed by atoms with Gasteiger partial charge in [-0.1, -0.05) is 31.4 Å². The van der Waals surface area contributed by atoms with E-state index in [2.05, 4.69) is 16.9 Å². The molecule has 0 radical (unpaired) electrons. The lowest BCUT2D eigenvalue weighted by Crippen LogP contribution is -2.45. The van der Waals surface area contributed by atoms with Crippen LogP contribution in [0.3, 0.4) is 0 Å². The number of ether oxygens (including phenoxy) is 3. The Morgan fingerprint density at radius 3 is 1.91 bits per heavy atom. The van der Waals surface area contributed by atoms with E-state index in [-0.39, 0.29) is 17.9 Å². The minimum Gasteiger partial charge on any atom is -0.469 e. The van der Waals surface area contributed by atoms with Gasteiger partial charge in [0.2, 0.25) is 0 Å². The first-order valence-electron chi connectivity index (χ1n) is 12.2. The van der Waals surface area contributed by atoms with Gasteiger partial charge in [0.15, 0.2) is 0 Å². The van der Waals surface area contributed by atoms with Crippen molar-refractivity contribution in [2.75, 3.05) is 13.7 Å². The molecule has 0 bridgehead atoms. The molecule has 190 valence electrons.